The number of fused-ring (bicyclic) bond motifs is 2. The van der Waals surface area contributed by atoms with Crippen molar-refractivity contribution in [3.05, 3.63) is 119 Å². The lowest BCUT2D eigenvalue weighted by Crippen LogP contribution is -2.56. The van der Waals surface area contributed by atoms with Crippen LogP contribution in [0, 0.1) is 11.6 Å². The number of alkyl carbamates (subject to hydrolysis) is 2. The van der Waals surface area contributed by atoms with E-state index in [9.17, 15) is 19.2 Å². The van der Waals surface area contributed by atoms with E-state index in [1.165, 1.54) is 51.2 Å². The summed E-state index contributed by atoms with van der Waals surface area (Å²) in [4.78, 5) is 82.4. The topological polar surface area (TPSA) is 203 Å². The van der Waals surface area contributed by atoms with Crippen molar-refractivity contribution in [1.29, 1.82) is 0 Å². The van der Waals surface area contributed by atoms with E-state index in [4.69, 9.17) is 29.0 Å². The van der Waals surface area contributed by atoms with Crippen LogP contribution in [0.25, 0.3) is 22.1 Å². The maximum atomic E-state index is 16.8. The second kappa shape index (κ2) is 22.7. The normalized spacial score (nSPS) is 21.3. The molecule has 7 atom stereocenters. The highest BCUT2D eigenvalue weighted by atomic mass is 19.1. The molecular formula is C56H67F2N11O8. The Labute approximate surface area is 445 Å². The Morgan fingerprint density at radius 3 is 1.70 bits per heavy atom. The van der Waals surface area contributed by atoms with Gasteiger partial charge in [0.2, 0.25) is 5.91 Å². The van der Waals surface area contributed by atoms with Crippen LogP contribution in [0.1, 0.15) is 117 Å². The smallest absolute Gasteiger partial charge is 0.408 e. The highest BCUT2D eigenvalue weighted by Gasteiger charge is 2.42. The molecule has 4 N–H and O–H groups in total. The zero-order valence-electron chi connectivity index (χ0n) is 44.3. The maximum absolute atomic E-state index is 16.8. The number of halogens is 2. The first-order valence-corrected chi connectivity index (χ1v) is 26.4. The second-order valence-corrected chi connectivity index (χ2v) is 20.4. The summed E-state index contributed by atoms with van der Waals surface area (Å²) in [7, 11) is 6.90. The number of imidazole rings is 2. The van der Waals surface area contributed by atoms with E-state index in [0.717, 1.165) is 41.4 Å². The van der Waals surface area contributed by atoms with Gasteiger partial charge in [-0.3, -0.25) is 14.9 Å². The molecule has 4 aromatic carbocycles. The first-order valence-electron chi connectivity index (χ1n) is 26.4. The van der Waals surface area contributed by atoms with E-state index in [2.05, 4.69) is 37.6 Å². The number of ether oxygens (including phenoxy) is 3. The molecule has 4 aliphatic rings. The molecule has 4 amide bonds. The minimum Gasteiger partial charge on any atom is -0.453 e. The highest BCUT2D eigenvalue weighted by molar-refractivity contribution is 5.87. The van der Waals surface area contributed by atoms with E-state index >= 15 is 8.78 Å². The van der Waals surface area contributed by atoms with Crippen molar-refractivity contribution >= 4 is 57.4 Å². The van der Waals surface area contributed by atoms with Gasteiger partial charge in [-0.15, -0.1) is 0 Å². The van der Waals surface area contributed by atoms with Crippen LogP contribution in [0.3, 0.4) is 0 Å². The number of carbonyl (C=O) groups excluding carboxylic acids is 4. The number of amides is 4. The van der Waals surface area contributed by atoms with Gasteiger partial charge in [0.15, 0.2) is 17.8 Å². The number of likely N-dealkylation sites (tertiary alicyclic amines) is 2. The third-order valence-electron chi connectivity index (χ3n) is 16.2. The SMILES string of the molecule is COC(=O)N[C@H](C(=O)N1CCC[C@H]1c1nc2cc([C@H]3CC[C@H](c4ccc5[nH]c([C@@H]6CCCN6C(=O)[C@@H](NC(=O)OC)N(C)OC)nc5c4)N3c3cc(F)c(N4CCC(c5ccccc5)CC4)c(F)c3)ccc2[nH]1)[C@@H](C)OC. The van der Waals surface area contributed by atoms with E-state index in [1.54, 1.807) is 23.8 Å². The van der Waals surface area contributed by atoms with Gasteiger partial charge < -0.3 is 53.9 Å². The van der Waals surface area contributed by atoms with Gasteiger partial charge in [-0.05, 0) is 117 Å². The van der Waals surface area contributed by atoms with Crippen molar-refractivity contribution in [3.63, 3.8) is 0 Å². The monoisotopic (exact) mass is 1060 g/mol. The predicted octanol–water partition coefficient (Wildman–Crippen LogP) is 8.45. The number of nitrogens with one attached hydrogen (secondary N) is 4. The second-order valence-electron chi connectivity index (χ2n) is 20.4. The summed E-state index contributed by atoms with van der Waals surface area (Å²) in [6.07, 6.45) is 2.28. The molecule has 6 heterocycles. The lowest BCUT2D eigenvalue weighted by Gasteiger charge is -2.36. The summed E-state index contributed by atoms with van der Waals surface area (Å²) in [6, 6.07) is 22.7. The van der Waals surface area contributed by atoms with Crippen LogP contribution < -0.4 is 20.4 Å². The Kier molecular flexibility index (Phi) is 15.6. The molecule has 0 bridgehead atoms. The number of benzene rings is 4. The van der Waals surface area contributed by atoms with Crippen molar-refractivity contribution < 1.29 is 47.0 Å². The number of hydrogen-bond acceptors (Lipinski definition) is 13. The summed E-state index contributed by atoms with van der Waals surface area (Å²) < 4.78 is 48.8. The number of hydroxylamine groups is 2. The van der Waals surface area contributed by atoms with Gasteiger partial charge in [-0.1, -0.05) is 42.5 Å². The van der Waals surface area contributed by atoms with E-state index < -0.39 is 54.2 Å². The molecule has 6 aromatic rings. The Hall–Kier alpha value is -7.36. The van der Waals surface area contributed by atoms with E-state index in [-0.39, 0.29) is 29.6 Å². The summed E-state index contributed by atoms with van der Waals surface area (Å²) >= 11 is 0. The van der Waals surface area contributed by atoms with Gasteiger partial charge in [-0.25, -0.2) is 28.3 Å². The third-order valence-corrected chi connectivity index (χ3v) is 16.2. The molecule has 10 rings (SSSR count). The number of hydrogen-bond donors (Lipinski definition) is 4. The van der Waals surface area contributed by atoms with Crippen molar-refractivity contribution in [2.45, 2.75) is 107 Å². The van der Waals surface area contributed by atoms with Gasteiger partial charge in [-0.2, -0.15) is 5.06 Å². The van der Waals surface area contributed by atoms with Gasteiger partial charge in [0.1, 0.15) is 23.4 Å². The Morgan fingerprint density at radius 1 is 0.649 bits per heavy atom. The van der Waals surface area contributed by atoms with Crippen LogP contribution in [-0.2, 0) is 28.6 Å². The minimum atomic E-state index is -1.15. The molecule has 4 aliphatic heterocycles. The van der Waals surface area contributed by atoms with Crippen LogP contribution >= 0.6 is 0 Å². The largest absolute Gasteiger partial charge is 0.453 e. The van der Waals surface area contributed by atoms with Crippen LogP contribution in [0.4, 0.5) is 29.7 Å². The molecule has 408 valence electrons. The Balaban J connectivity index is 0.965. The average molecular weight is 1060 g/mol. The lowest BCUT2D eigenvalue weighted by molar-refractivity contribution is -0.173. The summed E-state index contributed by atoms with van der Waals surface area (Å²) in [5, 5.41) is 6.46. The van der Waals surface area contributed by atoms with Gasteiger partial charge in [0.05, 0.1) is 73.7 Å². The van der Waals surface area contributed by atoms with Crippen molar-refractivity contribution in [2.24, 2.45) is 0 Å². The molecule has 2 aromatic heterocycles. The van der Waals surface area contributed by atoms with Gasteiger partial charge in [0, 0.05) is 46.0 Å². The average Bonchev–Trinajstić information content (AvgIpc) is 4.34. The Morgan fingerprint density at radius 2 is 1.18 bits per heavy atom. The fourth-order valence-corrected chi connectivity index (χ4v) is 12.1. The number of methoxy groups -OCH3 is 3. The number of likely N-dealkylation sites (N-methyl/N-ethyl adjacent to an activating group) is 1. The van der Waals surface area contributed by atoms with Crippen molar-refractivity contribution in [2.75, 3.05) is 71.5 Å². The molecule has 77 heavy (non-hydrogen) atoms. The molecule has 0 saturated carbocycles. The summed E-state index contributed by atoms with van der Waals surface area (Å²) in [6.45, 7) is 3.65. The minimum absolute atomic E-state index is 0.0206. The summed E-state index contributed by atoms with van der Waals surface area (Å²) in [5.41, 5.74) is 6.27. The van der Waals surface area contributed by atoms with E-state index in [1.807, 2.05) is 59.5 Å². The predicted molar refractivity (Wildman–Crippen MR) is 284 cm³/mol. The number of aromatic nitrogens is 4. The van der Waals surface area contributed by atoms with Crippen LogP contribution in [-0.4, -0.2) is 139 Å². The molecular weight excluding hydrogens is 993 g/mol. The third kappa shape index (κ3) is 10.6. The van der Waals surface area contributed by atoms with Gasteiger partial charge in [0.25, 0.3) is 5.91 Å². The number of H-pyrrole nitrogens is 2. The first kappa shape index (κ1) is 53.1. The zero-order valence-corrected chi connectivity index (χ0v) is 44.3. The standard InChI is InChI=1S/C56H67F2N11O8/c1-32(74-3)48(63-55(72)75-4)53(70)67-24-10-14-46(67)50-59-40-18-16-35(28-42(40)61-50)44-20-21-45(69(44)37-30-38(57)49(39(58)31-37)66-26-22-34(23-27-66)33-12-8-7-9-13-33)36-17-19-41-43(29-36)62-51(60-41)47-15-11-25-68(47)54(71)52(65(2)77-6)64-56(73)76-5/h7-9,12-13,16-19,28-32,34,44-48,52H,10-11,14-15,20-27H2,1-6H3,(H,59,61)(H,60,62)(H,63,72)(H,64,73)/t32-,44-,45-,46+,47+,48+,52+/m1/s1. The first-order chi connectivity index (χ1) is 37.3. The number of piperidine rings is 1. The highest BCUT2D eigenvalue weighted by Crippen LogP contribution is 2.49. The van der Waals surface area contributed by atoms with Crippen LogP contribution in [0.15, 0.2) is 78.9 Å². The lowest BCUT2D eigenvalue weighted by atomic mass is 9.89. The molecule has 0 aliphatic carbocycles. The molecule has 21 heteroatoms. The van der Waals surface area contributed by atoms with Crippen molar-refractivity contribution in [1.82, 2.24) is 45.4 Å². The number of rotatable bonds is 15. The maximum Gasteiger partial charge on any atom is 0.408 e. The summed E-state index contributed by atoms with van der Waals surface area (Å²) in [5.74, 6) is -0.433. The van der Waals surface area contributed by atoms with Crippen molar-refractivity contribution in [3.8, 4) is 0 Å². The molecule has 19 nitrogen and oxygen atoms in total. The molecule has 0 unspecified atom stereocenters. The van der Waals surface area contributed by atoms with E-state index in [0.29, 0.717) is 92.6 Å². The zero-order chi connectivity index (χ0) is 54.1. The number of nitrogens with zero attached hydrogens (tertiary/aromatic N) is 7. The molecule has 0 spiro atoms. The molecule has 0 radical (unpaired) electrons. The van der Waals surface area contributed by atoms with Gasteiger partial charge >= 0.3 is 12.2 Å². The fourth-order valence-electron chi connectivity index (χ4n) is 12.1. The van der Waals surface area contributed by atoms with Crippen LogP contribution in [0.5, 0.6) is 0 Å². The molecule has 4 fully saturated rings. The Bertz CT molecular complexity index is 2940. The number of anilines is 2. The quantitative estimate of drug-likeness (QED) is 0.0564. The number of aromatic amines is 2. The molecule has 4 saturated heterocycles. The number of carbonyl (C=O) groups is 4. The van der Waals surface area contributed by atoms with Crippen LogP contribution in [0.2, 0.25) is 0 Å². The fraction of sp³-hybridized carbons (Fsp3) is 0.464.